The predicted octanol–water partition coefficient (Wildman–Crippen LogP) is 2.09. The van der Waals surface area contributed by atoms with Crippen molar-refractivity contribution < 1.29 is 19.4 Å². The average molecular weight is 289 g/mol. The highest BCUT2D eigenvalue weighted by Gasteiger charge is 2.37. The van der Waals surface area contributed by atoms with Crippen molar-refractivity contribution in [3.63, 3.8) is 0 Å². The topological polar surface area (TPSA) is 66.8 Å². The molecule has 1 N–H and O–H groups in total. The lowest BCUT2D eigenvalue weighted by atomic mass is 10.0. The van der Waals surface area contributed by atoms with Crippen molar-refractivity contribution in [1.82, 2.24) is 0 Å². The number of nitrogens with zero attached hydrogens (tertiary/aromatic N) is 1. The van der Waals surface area contributed by atoms with E-state index >= 15 is 0 Å². The summed E-state index contributed by atoms with van der Waals surface area (Å²) >= 11 is 0. The molecule has 0 bridgehead atoms. The largest absolute Gasteiger partial charge is 0.497 e. The Bertz CT molecular complexity index is 584. The first-order chi connectivity index (χ1) is 10.1. The first-order valence-corrected chi connectivity index (χ1v) is 7.31. The highest BCUT2D eigenvalue weighted by atomic mass is 16.5. The van der Waals surface area contributed by atoms with Gasteiger partial charge < -0.3 is 14.7 Å². The number of carbonyl (C=O) groups excluding carboxylic acids is 1. The molecule has 0 radical (unpaired) electrons. The zero-order valence-electron chi connectivity index (χ0n) is 12.0. The third kappa shape index (κ3) is 2.48. The first kappa shape index (κ1) is 13.9. The highest BCUT2D eigenvalue weighted by molar-refractivity contribution is 5.97. The summed E-state index contributed by atoms with van der Waals surface area (Å²) in [6.07, 6.45) is 2.58. The van der Waals surface area contributed by atoms with Crippen molar-refractivity contribution in [3.8, 4) is 5.75 Å². The molecule has 0 unspecified atom stereocenters. The zero-order valence-corrected chi connectivity index (χ0v) is 12.0. The van der Waals surface area contributed by atoms with E-state index in [1.165, 1.54) is 0 Å². The fourth-order valence-electron chi connectivity index (χ4n) is 3.38. The van der Waals surface area contributed by atoms with Crippen LogP contribution in [-0.4, -0.2) is 30.6 Å². The predicted molar refractivity (Wildman–Crippen MR) is 77.5 cm³/mol. The second-order valence-corrected chi connectivity index (χ2v) is 5.78. The number of methoxy groups -OCH3 is 1. The molecule has 3 rings (SSSR count). The van der Waals surface area contributed by atoms with E-state index in [1.807, 2.05) is 23.1 Å². The van der Waals surface area contributed by atoms with Crippen molar-refractivity contribution in [2.45, 2.75) is 25.7 Å². The van der Waals surface area contributed by atoms with Crippen LogP contribution < -0.4 is 9.64 Å². The van der Waals surface area contributed by atoms with Gasteiger partial charge in [0.2, 0.25) is 5.91 Å². The van der Waals surface area contributed by atoms with E-state index in [1.54, 1.807) is 7.11 Å². The summed E-state index contributed by atoms with van der Waals surface area (Å²) in [7, 11) is 1.63. The molecule has 0 spiro atoms. The fourth-order valence-corrected chi connectivity index (χ4v) is 3.38. The van der Waals surface area contributed by atoms with Crippen molar-refractivity contribution in [2.24, 2.45) is 11.8 Å². The Balaban J connectivity index is 1.75. The van der Waals surface area contributed by atoms with Gasteiger partial charge in [-0.25, -0.2) is 0 Å². The van der Waals surface area contributed by atoms with Gasteiger partial charge in [0, 0.05) is 18.2 Å². The van der Waals surface area contributed by atoms with Gasteiger partial charge in [-0.3, -0.25) is 9.59 Å². The molecule has 2 atom stereocenters. The number of benzene rings is 1. The standard InChI is InChI=1S/C16H19NO4/c1-21-13-4-5-14-10(9-13)6-7-17(14)15(18)11-2-3-12(8-11)16(19)20/h4-5,9,11-12H,2-3,6-8H2,1H3,(H,19,20)/t11-,12+/m1/s1. The van der Waals surface area contributed by atoms with Crippen LogP contribution in [0.2, 0.25) is 0 Å². The van der Waals surface area contributed by atoms with Gasteiger partial charge >= 0.3 is 5.97 Å². The van der Waals surface area contributed by atoms with Crippen molar-refractivity contribution >= 4 is 17.6 Å². The van der Waals surface area contributed by atoms with E-state index in [2.05, 4.69) is 0 Å². The molecular formula is C16H19NO4. The molecule has 1 heterocycles. The first-order valence-electron chi connectivity index (χ1n) is 7.31. The van der Waals surface area contributed by atoms with Gasteiger partial charge in [0.15, 0.2) is 0 Å². The van der Waals surface area contributed by atoms with Crippen molar-refractivity contribution in [1.29, 1.82) is 0 Å². The summed E-state index contributed by atoms with van der Waals surface area (Å²) in [6.45, 7) is 0.676. The van der Waals surface area contributed by atoms with Crippen molar-refractivity contribution in [2.75, 3.05) is 18.6 Å². The minimum atomic E-state index is -0.781. The van der Waals surface area contributed by atoms with Gasteiger partial charge in [-0.2, -0.15) is 0 Å². The van der Waals surface area contributed by atoms with E-state index in [4.69, 9.17) is 9.84 Å². The van der Waals surface area contributed by atoms with Crippen LogP contribution in [0.5, 0.6) is 5.75 Å². The smallest absolute Gasteiger partial charge is 0.306 e. The van der Waals surface area contributed by atoms with E-state index in [0.717, 1.165) is 23.4 Å². The second-order valence-electron chi connectivity index (χ2n) is 5.78. The highest BCUT2D eigenvalue weighted by Crippen LogP contribution is 2.37. The molecule has 0 aromatic heterocycles. The maximum atomic E-state index is 12.6. The summed E-state index contributed by atoms with van der Waals surface area (Å²) in [5, 5.41) is 9.05. The number of carbonyl (C=O) groups is 2. The number of carboxylic acid groups (broad SMARTS) is 1. The number of amides is 1. The van der Waals surface area contributed by atoms with E-state index in [9.17, 15) is 9.59 Å². The number of rotatable bonds is 3. The van der Waals surface area contributed by atoms with Crippen LogP contribution in [0.15, 0.2) is 18.2 Å². The van der Waals surface area contributed by atoms with E-state index in [0.29, 0.717) is 25.8 Å². The van der Waals surface area contributed by atoms with Crippen LogP contribution in [0, 0.1) is 11.8 Å². The molecule has 1 saturated carbocycles. The van der Waals surface area contributed by atoms with Crippen molar-refractivity contribution in [3.05, 3.63) is 23.8 Å². The van der Waals surface area contributed by atoms with Crippen LogP contribution in [0.3, 0.4) is 0 Å². The maximum Gasteiger partial charge on any atom is 0.306 e. The quantitative estimate of drug-likeness (QED) is 0.925. The molecular weight excluding hydrogens is 270 g/mol. The summed E-state index contributed by atoms with van der Waals surface area (Å²) < 4.78 is 5.21. The molecule has 1 aromatic carbocycles. The number of hydrogen-bond acceptors (Lipinski definition) is 3. The molecule has 112 valence electrons. The molecule has 2 aliphatic rings. The van der Waals surface area contributed by atoms with Crippen LogP contribution in [-0.2, 0) is 16.0 Å². The third-order valence-electron chi connectivity index (χ3n) is 4.58. The molecule has 1 aromatic rings. The number of carboxylic acids is 1. The van der Waals surface area contributed by atoms with Crippen LogP contribution in [0.1, 0.15) is 24.8 Å². The van der Waals surface area contributed by atoms with Gasteiger partial charge in [-0.1, -0.05) is 0 Å². The fraction of sp³-hybridized carbons (Fsp3) is 0.500. The normalized spacial score (nSPS) is 24.0. The summed E-state index contributed by atoms with van der Waals surface area (Å²) in [4.78, 5) is 25.5. The van der Waals surface area contributed by atoms with E-state index < -0.39 is 5.97 Å². The third-order valence-corrected chi connectivity index (χ3v) is 4.58. The number of fused-ring (bicyclic) bond motifs is 1. The molecule has 5 heteroatoms. The van der Waals surface area contributed by atoms with Gasteiger partial charge in [-0.15, -0.1) is 0 Å². The molecule has 21 heavy (non-hydrogen) atoms. The SMILES string of the molecule is COc1ccc2c(c1)CCN2C(=O)[C@@H]1CC[C@H](C(=O)O)C1. The number of anilines is 1. The molecule has 1 fully saturated rings. The number of ether oxygens (including phenoxy) is 1. The Kier molecular flexibility index (Phi) is 3.57. The Hall–Kier alpha value is -2.04. The lowest BCUT2D eigenvalue weighted by molar-refractivity contribution is -0.141. The minimum Gasteiger partial charge on any atom is -0.497 e. The Morgan fingerprint density at radius 1 is 1.29 bits per heavy atom. The molecule has 1 amide bonds. The van der Waals surface area contributed by atoms with Crippen LogP contribution in [0.25, 0.3) is 0 Å². The number of hydrogen-bond donors (Lipinski definition) is 1. The Morgan fingerprint density at radius 2 is 2.05 bits per heavy atom. The Morgan fingerprint density at radius 3 is 2.71 bits per heavy atom. The van der Waals surface area contributed by atoms with Gasteiger partial charge in [-0.05, 0) is 49.4 Å². The zero-order chi connectivity index (χ0) is 15.0. The van der Waals surface area contributed by atoms with E-state index in [-0.39, 0.29) is 17.7 Å². The lowest BCUT2D eigenvalue weighted by Crippen LogP contribution is -2.34. The molecule has 0 saturated heterocycles. The molecule has 1 aliphatic carbocycles. The summed E-state index contributed by atoms with van der Waals surface area (Å²) in [5.41, 5.74) is 2.06. The maximum absolute atomic E-state index is 12.6. The molecule has 1 aliphatic heterocycles. The minimum absolute atomic E-state index is 0.0719. The molecule has 5 nitrogen and oxygen atoms in total. The second kappa shape index (κ2) is 5.39. The lowest BCUT2D eigenvalue weighted by Gasteiger charge is -2.21. The van der Waals surface area contributed by atoms with Gasteiger partial charge in [0.25, 0.3) is 0 Å². The van der Waals surface area contributed by atoms with Gasteiger partial charge in [0.05, 0.1) is 13.0 Å². The number of aliphatic carboxylic acids is 1. The van der Waals surface area contributed by atoms with Crippen LogP contribution in [0.4, 0.5) is 5.69 Å². The van der Waals surface area contributed by atoms with Crippen LogP contribution >= 0.6 is 0 Å². The Labute approximate surface area is 123 Å². The van der Waals surface area contributed by atoms with Gasteiger partial charge in [0.1, 0.15) is 5.75 Å². The summed E-state index contributed by atoms with van der Waals surface area (Å²) in [5.74, 6) is -0.426. The average Bonchev–Trinajstić information content (AvgIpc) is 3.12. The monoisotopic (exact) mass is 289 g/mol. The summed E-state index contributed by atoms with van der Waals surface area (Å²) in [6, 6.07) is 5.75.